The molecule has 3 N–H and O–H groups in total. The maximum absolute atomic E-state index is 11.3. The lowest BCUT2D eigenvalue weighted by molar-refractivity contribution is 1.08. The summed E-state index contributed by atoms with van der Waals surface area (Å²) >= 11 is 0. The molecule has 0 saturated carbocycles. The number of nitrogens with one attached hydrogen (secondary N) is 1. The van der Waals surface area contributed by atoms with Gasteiger partial charge in [0.25, 0.3) is 0 Å². The molecule has 1 aromatic carbocycles. The topological polar surface area (TPSA) is 95.6 Å². The highest BCUT2D eigenvalue weighted by molar-refractivity contribution is 5.71. The third-order valence-electron chi connectivity index (χ3n) is 2.41. The number of H-pyrrole nitrogens is 1. The maximum Gasteiger partial charge on any atom is 0.347 e. The minimum Gasteiger partial charge on any atom is -0.382 e. The number of aromatic nitrogens is 2. The van der Waals surface area contributed by atoms with Crippen molar-refractivity contribution in [2.24, 2.45) is 0 Å². The Morgan fingerprint density at radius 3 is 2.59 bits per heavy atom. The van der Waals surface area contributed by atoms with Crippen molar-refractivity contribution in [3.05, 3.63) is 45.9 Å². The van der Waals surface area contributed by atoms with Crippen molar-refractivity contribution >= 4 is 5.82 Å². The summed E-state index contributed by atoms with van der Waals surface area (Å²) in [6, 6.07) is 9.38. The summed E-state index contributed by atoms with van der Waals surface area (Å²) in [5.41, 5.74) is 7.41. The molecule has 0 saturated heterocycles. The zero-order valence-electron chi connectivity index (χ0n) is 9.19. The molecule has 0 aliphatic rings. The molecule has 5 nitrogen and oxygen atoms in total. The number of nitrogens with two attached hydrogens (primary N) is 1. The maximum atomic E-state index is 11.3. The first-order valence-electron chi connectivity index (χ1n) is 4.98. The molecule has 17 heavy (non-hydrogen) atoms. The fourth-order valence-corrected chi connectivity index (χ4v) is 1.54. The third-order valence-corrected chi connectivity index (χ3v) is 2.41. The largest absolute Gasteiger partial charge is 0.382 e. The van der Waals surface area contributed by atoms with Gasteiger partial charge in [0.2, 0.25) is 0 Å². The van der Waals surface area contributed by atoms with E-state index in [1.807, 2.05) is 37.3 Å². The van der Waals surface area contributed by atoms with Crippen LogP contribution in [0.5, 0.6) is 0 Å². The molecule has 0 atom stereocenters. The molecule has 1 heterocycles. The van der Waals surface area contributed by atoms with Crippen LogP contribution in [-0.2, 0) is 0 Å². The van der Waals surface area contributed by atoms with Crippen LogP contribution in [0.4, 0.5) is 5.82 Å². The fourth-order valence-electron chi connectivity index (χ4n) is 1.54. The van der Waals surface area contributed by atoms with Gasteiger partial charge in [0.15, 0.2) is 0 Å². The highest BCUT2D eigenvalue weighted by atomic mass is 16.1. The first kappa shape index (κ1) is 10.9. The molecule has 0 radical (unpaired) electrons. The van der Waals surface area contributed by atoms with Crippen LogP contribution in [0.1, 0.15) is 11.1 Å². The molecule has 1 aromatic heterocycles. The van der Waals surface area contributed by atoms with Crippen LogP contribution in [0.25, 0.3) is 11.3 Å². The third kappa shape index (κ3) is 2.01. The number of rotatable bonds is 1. The number of nitriles is 1. The first-order chi connectivity index (χ1) is 8.11. The van der Waals surface area contributed by atoms with Crippen molar-refractivity contribution in [1.82, 2.24) is 9.97 Å². The normalized spacial score (nSPS) is 9.88. The summed E-state index contributed by atoms with van der Waals surface area (Å²) in [7, 11) is 0. The Kier molecular flexibility index (Phi) is 2.63. The Labute approximate surface area is 97.6 Å². The summed E-state index contributed by atoms with van der Waals surface area (Å²) in [6.07, 6.45) is 0. The smallest absolute Gasteiger partial charge is 0.347 e. The van der Waals surface area contributed by atoms with Crippen LogP contribution in [0.15, 0.2) is 29.1 Å². The molecule has 0 bridgehead atoms. The lowest BCUT2D eigenvalue weighted by atomic mass is 10.1. The predicted molar refractivity (Wildman–Crippen MR) is 64.2 cm³/mol. The molecule has 0 aliphatic carbocycles. The predicted octanol–water partition coefficient (Wildman–Crippen LogP) is 1.20. The van der Waals surface area contributed by atoms with Gasteiger partial charge in [-0.2, -0.15) is 10.2 Å². The van der Waals surface area contributed by atoms with Crippen molar-refractivity contribution < 1.29 is 0 Å². The molecule has 84 valence electrons. The summed E-state index contributed by atoms with van der Waals surface area (Å²) in [5.74, 6) is -0.0492. The van der Waals surface area contributed by atoms with Crippen LogP contribution in [0, 0.1) is 18.3 Å². The molecule has 0 amide bonds. The van der Waals surface area contributed by atoms with Crippen molar-refractivity contribution in [2.45, 2.75) is 6.92 Å². The quantitative estimate of drug-likeness (QED) is 0.763. The number of nitrogens with zero attached hydrogens (tertiary/aromatic N) is 2. The Balaban J connectivity index is 2.71. The zero-order chi connectivity index (χ0) is 12.4. The number of benzene rings is 1. The van der Waals surface area contributed by atoms with Crippen molar-refractivity contribution in [3.63, 3.8) is 0 Å². The standard InChI is InChI=1S/C12H10N4O/c1-7-2-4-8(5-3-7)10-9(6-13)11(14)16-12(17)15-10/h2-5H,1H3,(H3,14,15,16,17). The van der Waals surface area contributed by atoms with Gasteiger partial charge in [-0.05, 0) is 12.5 Å². The average molecular weight is 226 g/mol. The van der Waals surface area contributed by atoms with E-state index in [-0.39, 0.29) is 11.4 Å². The molecule has 2 rings (SSSR count). The van der Waals surface area contributed by atoms with Crippen LogP contribution in [0.2, 0.25) is 0 Å². The second-order valence-electron chi connectivity index (χ2n) is 3.66. The lowest BCUT2D eigenvalue weighted by Crippen LogP contribution is -2.15. The highest BCUT2D eigenvalue weighted by Gasteiger charge is 2.11. The van der Waals surface area contributed by atoms with Crippen LogP contribution >= 0.6 is 0 Å². The number of aryl methyl sites for hydroxylation is 1. The molecular formula is C12H10N4O. The van der Waals surface area contributed by atoms with Gasteiger partial charge < -0.3 is 10.7 Å². The number of anilines is 1. The van der Waals surface area contributed by atoms with Gasteiger partial charge in [0.1, 0.15) is 17.5 Å². The minimum absolute atomic E-state index is 0.0492. The number of hydrogen-bond donors (Lipinski definition) is 2. The molecule has 0 aliphatic heterocycles. The van der Waals surface area contributed by atoms with E-state index in [0.29, 0.717) is 5.69 Å². The summed E-state index contributed by atoms with van der Waals surface area (Å²) in [5, 5.41) is 9.01. The van der Waals surface area contributed by atoms with E-state index in [4.69, 9.17) is 11.0 Å². The summed E-state index contributed by atoms with van der Waals surface area (Å²) in [4.78, 5) is 17.3. The van der Waals surface area contributed by atoms with Gasteiger partial charge in [0, 0.05) is 0 Å². The van der Waals surface area contributed by atoms with E-state index in [2.05, 4.69) is 9.97 Å². The molecule has 0 fully saturated rings. The first-order valence-corrected chi connectivity index (χ1v) is 4.98. The highest BCUT2D eigenvalue weighted by Crippen LogP contribution is 2.22. The van der Waals surface area contributed by atoms with E-state index in [1.165, 1.54) is 0 Å². The van der Waals surface area contributed by atoms with Crippen LogP contribution in [-0.4, -0.2) is 9.97 Å². The van der Waals surface area contributed by atoms with E-state index in [9.17, 15) is 4.79 Å². The van der Waals surface area contributed by atoms with E-state index in [0.717, 1.165) is 11.1 Å². The zero-order valence-corrected chi connectivity index (χ0v) is 9.19. The summed E-state index contributed by atoms with van der Waals surface area (Å²) < 4.78 is 0. The van der Waals surface area contributed by atoms with Gasteiger partial charge in [-0.25, -0.2) is 4.79 Å². The molecule has 5 heteroatoms. The van der Waals surface area contributed by atoms with Gasteiger partial charge in [-0.3, -0.25) is 0 Å². The van der Waals surface area contributed by atoms with Crippen LogP contribution < -0.4 is 11.4 Å². The van der Waals surface area contributed by atoms with E-state index >= 15 is 0 Å². The Hall–Kier alpha value is -2.61. The molecular weight excluding hydrogens is 216 g/mol. The second-order valence-corrected chi connectivity index (χ2v) is 3.66. The van der Waals surface area contributed by atoms with Gasteiger partial charge in [-0.1, -0.05) is 29.8 Å². The molecule has 0 unspecified atom stereocenters. The van der Waals surface area contributed by atoms with Crippen molar-refractivity contribution in [1.29, 1.82) is 5.26 Å². The van der Waals surface area contributed by atoms with Gasteiger partial charge in [-0.15, -0.1) is 0 Å². The SMILES string of the molecule is Cc1ccc(-c2[nH]c(=O)nc(N)c2C#N)cc1. The number of aromatic amines is 1. The Morgan fingerprint density at radius 1 is 1.35 bits per heavy atom. The Bertz CT molecular complexity index is 650. The average Bonchev–Trinajstić information content (AvgIpc) is 2.29. The van der Waals surface area contributed by atoms with Crippen molar-refractivity contribution in [3.8, 4) is 17.3 Å². The van der Waals surface area contributed by atoms with Crippen molar-refractivity contribution in [2.75, 3.05) is 5.73 Å². The van der Waals surface area contributed by atoms with Gasteiger partial charge in [0.05, 0.1) is 5.69 Å². The van der Waals surface area contributed by atoms with E-state index in [1.54, 1.807) is 0 Å². The van der Waals surface area contributed by atoms with Gasteiger partial charge >= 0.3 is 5.69 Å². The lowest BCUT2D eigenvalue weighted by Gasteiger charge is -2.05. The number of hydrogen-bond acceptors (Lipinski definition) is 4. The fraction of sp³-hybridized carbons (Fsp3) is 0.0833. The monoisotopic (exact) mass is 226 g/mol. The van der Waals surface area contributed by atoms with Crippen LogP contribution in [0.3, 0.4) is 0 Å². The number of nitrogen functional groups attached to an aromatic ring is 1. The molecule has 0 spiro atoms. The second kappa shape index (κ2) is 4.10. The van der Waals surface area contributed by atoms with E-state index < -0.39 is 5.69 Å². The Morgan fingerprint density at radius 2 is 2.00 bits per heavy atom. The minimum atomic E-state index is -0.558. The molecule has 2 aromatic rings. The summed E-state index contributed by atoms with van der Waals surface area (Å²) in [6.45, 7) is 1.96.